The molecule has 0 radical (unpaired) electrons. The molecule has 50 heavy (non-hydrogen) atoms. The van der Waals surface area contributed by atoms with Crippen molar-refractivity contribution in [3.63, 3.8) is 0 Å². The molecule has 10 aromatic rings. The molecule has 0 bridgehead atoms. The van der Waals surface area contributed by atoms with E-state index in [-0.39, 0.29) is 50.3 Å². The molecule has 0 spiro atoms. The Morgan fingerprint density at radius 2 is 0.980 bits per heavy atom. The van der Waals surface area contributed by atoms with Gasteiger partial charge >= 0.3 is 0 Å². The minimum Gasteiger partial charge on any atom is -0.456 e. The highest BCUT2D eigenvalue weighted by Crippen LogP contribution is 2.47. The predicted molar refractivity (Wildman–Crippen MR) is 213 cm³/mol. The third-order valence-electron chi connectivity index (χ3n) is 9.13. The molecule has 1 aromatic heterocycles. The van der Waals surface area contributed by atoms with Crippen molar-refractivity contribution < 1.29 is 26.3 Å². The van der Waals surface area contributed by atoms with Crippen molar-refractivity contribution in [2.75, 3.05) is 0 Å². The minimum atomic E-state index is -0.729. The summed E-state index contributed by atoms with van der Waals surface area (Å²) >= 11 is 0. The summed E-state index contributed by atoms with van der Waals surface area (Å²) in [5.41, 5.74) is 0.147. The molecule has 0 aliphatic heterocycles. The molecule has 0 aliphatic rings. The fourth-order valence-electron chi connectivity index (χ4n) is 6.95. The monoisotopic (exact) mass is 652 g/mol. The van der Waals surface area contributed by atoms with Crippen LogP contribution in [0.3, 0.4) is 0 Å². The van der Waals surface area contributed by atoms with E-state index in [9.17, 15) is 9.60 Å². The van der Waals surface area contributed by atoms with Crippen LogP contribution in [0.15, 0.2) is 180 Å². The van der Waals surface area contributed by atoms with E-state index in [1.54, 1.807) is 6.92 Å². The molecule has 1 heterocycles. The summed E-state index contributed by atoms with van der Waals surface area (Å²) in [5.74, 6) is 0. The molecule has 0 aliphatic carbocycles. The number of aryl methyl sites for hydroxylation is 1. The van der Waals surface area contributed by atoms with Crippen LogP contribution in [0.5, 0.6) is 0 Å². The number of hydrogen-bond acceptors (Lipinski definition) is 1. The maximum Gasteiger partial charge on any atom is 0.136 e. The van der Waals surface area contributed by atoms with E-state index >= 15 is 0 Å². The van der Waals surface area contributed by atoms with E-state index in [4.69, 9.17) is 16.8 Å². The molecule has 0 saturated carbocycles. The third kappa shape index (κ3) is 4.41. The Hall–Kier alpha value is -6.44. The van der Waals surface area contributed by atoms with Gasteiger partial charge in [-0.25, -0.2) is 0 Å². The lowest BCUT2D eigenvalue weighted by Crippen LogP contribution is -1.93. The van der Waals surface area contributed by atoms with Crippen molar-refractivity contribution in [3.05, 3.63) is 181 Å². The summed E-state index contributed by atoms with van der Waals surface area (Å²) in [6.45, 7) is 1.58. The van der Waals surface area contributed by atoms with Crippen molar-refractivity contribution >= 4 is 54.3 Å². The van der Waals surface area contributed by atoms with Crippen molar-refractivity contribution in [3.8, 4) is 44.5 Å². The number of fused-ring (bicyclic) bond motifs is 6. The molecule has 0 unspecified atom stereocenters. The topological polar surface area (TPSA) is 13.1 Å². The first-order valence-corrected chi connectivity index (χ1v) is 16.0. The fraction of sp³-hybridized carbons (Fsp3) is 0.0204. The van der Waals surface area contributed by atoms with Gasteiger partial charge in [-0.15, -0.1) is 0 Å². The van der Waals surface area contributed by atoms with Gasteiger partial charge in [0.1, 0.15) is 11.2 Å². The number of hydrogen-bond donors (Lipinski definition) is 0. The Morgan fingerprint density at radius 1 is 0.400 bits per heavy atom. The minimum absolute atomic E-state index is 0.110. The Balaban J connectivity index is 1.35. The Labute approximate surface area is 313 Å². The molecular weight excluding hydrogens is 605 g/mol. The smallest absolute Gasteiger partial charge is 0.136 e. The lowest BCUT2D eigenvalue weighted by Gasteiger charge is -2.20. The van der Waals surface area contributed by atoms with Gasteiger partial charge in [0, 0.05) is 10.8 Å². The number of rotatable bonds is 4. The Bertz CT molecular complexity index is 3750. The van der Waals surface area contributed by atoms with Crippen LogP contribution in [0.1, 0.15) is 27.5 Å². The summed E-state index contributed by atoms with van der Waals surface area (Å²) in [6, 6.07) is 15.3. The van der Waals surface area contributed by atoms with Gasteiger partial charge in [0.05, 0.1) is 21.9 Å². The first kappa shape index (κ1) is 16.8. The van der Waals surface area contributed by atoms with E-state index in [2.05, 4.69) is 0 Å². The second kappa shape index (κ2) is 11.3. The van der Waals surface area contributed by atoms with Crippen LogP contribution in [-0.4, -0.2) is 0 Å². The molecule has 0 fully saturated rings. The van der Waals surface area contributed by atoms with E-state index < -0.39 is 112 Å². The quantitative estimate of drug-likeness (QED) is 0.172. The summed E-state index contributed by atoms with van der Waals surface area (Å²) in [5, 5.41) is 2.53. The van der Waals surface area contributed by atoms with Crippen LogP contribution in [0.2, 0.25) is 0 Å². The van der Waals surface area contributed by atoms with Crippen molar-refractivity contribution in [2.24, 2.45) is 0 Å². The molecule has 234 valence electrons. The summed E-state index contributed by atoms with van der Waals surface area (Å²) in [4.78, 5) is 0. The molecular formula is C49H32O. The standard InChI is InChI=1S/C49H32O/c1-31-13-12-22-39-36(35-24-26-38-37-25-23-34(32-14-4-2-5-15-32)29-45(37)50-46(38)30-35)27-28-44(47(31)39)49-42-20-10-8-18-40(42)48(33-16-6-3-7-17-33)41-19-9-11-21-43(41)49/h2-30H,1H3/i2D,4D,5D,12D,13D,14D,15D,22D,23D,24D,25D,26D,27D,28D,29D,30D. The molecule has 0 N–H and O–H groups in total. The Morgan fingerprint density at radius 3 is 1.66 bits per heavy atom. The molecule has 10 rings (SSSR count). The lowest BCUT2D eigenvalue weighted by molar-refractivity contribution is 0.669. The van der Waals surface area contributed by atoms with Crippen LogP contribution < -0.4 is 0 Å². The largest absolute Gasteiger partial charge is 0.456 e. The lowest BCUT2D eigenvalue weighted by atomic mass is 9.83. The van der Waals surface area contributed by atoms with Gasteiger partial charge in [-0.2, -0.15) is 0 Å². The highest BCUT2D eigenvalue weighted by Gasteiger charge is 2.20. The summed E-state index contributed by atoms with van der Waals surface area (Å²) in [6.07, 6.45) is 0. The zero-order chi connectivity index (χ0) is 47.1. The first-order valence-electron chi connectivity index (χ1n) is 24.0. The molecule has 0 atom stereocenters. The zero-order valence-corrected chi connectivity index (χ0v) is 26.4. The van der Waals surface area contributed by atoms with Crippen LogP contribution in [-0.2, 0) is 0 Å². The maximum atomic E-state index is 9.88. The average Bonchev–Trinajstić information content (AvgIpc) is 3.74. The van der Waals surface area contributed by atoms with Gasteiger partial charge in [-0.05, 0) is 113 Å². The molecule has 0 saturated heterocycles. The van der Waals surface area contributed by atoms with Gasteiger partial charge in [-0.3, -0.25) is 0 Å². The van der Waals surface area contributed by atoms with E-state index in [0.29, 0.717) is 16.3 Å². The maximum absolute atomic E-state index is 9.88. The highest BCUT2D eigenvalue weighted by molar-refractivity contribution is 6.24. The van der Waals surface area contributed by atoms with Gasteiger partial charge in [0.2, 0.25) is 0 Å². The second-order valence-electron chi connectivity index (χ2n) is 12.0. The molecule has 9 aromatic carbocycles. The zero-order valence-electron chi connectivity index (χ0n) is 42.4. The van der Waals surface area contributed by atoms with Gasteiger partial charge in [0.15, 0.2) is 0 Å². The van der Waals surface area contributed by atoms with Crippen LogP contribution in [0.4, 0.5) is 0 Å². The predicted octanol–water partition coefficient (Wildman–Crippen LogP) is 14.0. The van der Waals surface area contributed by atoms with E-state index in [1.807, 2.05) is 78.9 Å². The van der Waals surface area contributed by atoms with Crippen molar-refractivity contribution in [2.45, 2.75) is 6.92 Å². The van der Waals surface area contributed by atoms with E-state index in [1.165, 1.54) is 0 Å². The van der Waals surface area contributed by atoms with Crippen LogP contribution in [0, 0.1) is 6.92 Å². The van der Waals surface area contributed by atoms with Crippen molar-refractivity contribution in [1.82, 2.24) is 0 Å². The second-order valence-corrected chi connectivity index (χ2v) is 12.0. The van der Waals surface area contributed by atoms with Gasteiger partial charge < -0.3 is 4.42 Å². The van der Waals surface area contributed by atoms with Gasteiger partial charge in [0.25, 0.3) is 0 Å². The van der Waals surface area contributed by atoms with Crippen LogP contribution >= 0.6 is 0 Å². The summed E-state index contributed by atoms with van der Waals surface area (Å²) < 4.78 is 150. The summed E-state index contributed by atoms with van der Waals surface area (Å²) in [7, 11) is 0. The fourth-order valence-corrected chi connectivity index (χ4v) is 6.95. The first-order chi connectivity index (χ1) is 31.4. The van der Waals surface area contributed by atoms with Crippen molar-refractivity contribution in [1.29, 1.82) is 0 Å². The van der Waals surface area contributed by atoms with Crippen LogP contribution in [0.25, 0.3) is 98.8 Å². The SMILES string of the molecule is [2H]c1c([2H])c([2H])c(-c2c([2H])c([2H])c3c(oc4c([2H])c(-c5c([2H])c([2H])c(-c6c7ccccc7c(-c7ccccc7)c7ccccc67)c6c(C)c([2H])c([2H])c([2H])c56)c([2H])c([2H])c43)c2[2H])c([2H])c1[2H]. The number of furan rings is 1. The normalized spacial score (nSPS) is 16.2. The van der Waals surface area contributed by atoms with E-state index in [0.717, 1.165) is 21.9 Å². The molecule has 1 heteroatoms. The third-order valence-corrected chi connectivity index (χ3v) is 9.13. The average molecular weight is 653 g/mol. The van der Waals surface area contributed by atoms with Gasteiger partial charge in [-0.1, -0.05) is 151 Å². The Kier molecular flexibility index (Phi) is 3.80. The number of benzene rings is 9. The highest BCUT2D eigenvalue weighted by atomic mass is 16.3. The molecule has 0 amide bonds. The molecule has 1 nitrogen and oxygen atoms in total.